The molecule has 0 saturated heterocycles. The largest absolute Gasteiger partial charge is 0.497 e. The van der Waals surface area contributed by atoms with Crippen molar-refractivity contribution < 1.29 is 18.6 Å². The number of rotatable bonds is 15. The van der Waals surface area contributed by atoms with Crippen LogP contribution in [-0.2, 0) is 26.2 Å². The molecule has 6 nitrogen and oxygen atoms in total. The number of methoxy groups -OCH3 is 2. The first-order valence-electron chi connectivity index (χ1n) is 19.6. The Bertz CT molecular complexity index is 2370. The van der Waals surface area contributed by atoms with Crippen LogP contribution in [0.25, 0.3) is 43.6 Å². The minimum absolute atomic E-state index is 0.830. The summed E-state index contributed by atoms with van der Waals surface area (Å²) in [7, 11) is 3.49. The SMILES string of the molecule is COc1ccc2c3cc[n+](CCCCCCCC[n+]4ccc5c6ccc(OC)cc6n(Cc6ccccc6)c5c4C)c(C)c3n(Cc3ccccc3)c2c1. The zero-order chi connectivity index (χ0) is 37.0. The molecule has 8 rings (SSSR count). The van der Waals surface area contributed by atoms with E-state index in [1.165, 1.54) is 105 Å². The summed E-state index contributed by atoms with van der Waals surface area (Å²) in [6.07, 6.45) is 12.0. The Morgan fingerprint density at radius 1 is 0.463 bits per heavy atom. The zero-order valence-corrected chi connectivity index (χ0v) is 32.2. The van der Waals surface area contributed by atoms with E-state index in [4.69, 9.17) is 9.47 Å². The highest BCUT2D eigenvalue weighted by Gasteiger charge is 2.22. The quantitative estimate of drug-likeness (QED) is 0.0782. The van der Waals surface area contributed by atoms with Crippen molar-refractivity contribution in [1.82, 2.24) is 9.13 Å². The van der Waals surface area contributed by atoms with Crippen LogP contribution in [0.5, 0.6) is 11.5 Å². The first kappa shape index (κ1) is 35.4. The Kier molecular flexibility index (Phi) is 10.3. The van der Waals surface area contributed by atoms with E-state index < -0.39 is 0 Å². The lowest BCUT2D eigenvalue weighted by atomic mass is 10.1. The molecular formula is C48H52N4O2+2. The average molecular weight is 717 g/mol. The van der Waals surface area contributed by atoms with Gasteiger partial charge in [-0.15, -0.1) is 0 Å². The molecule has 0 atom stereocenters. The molecule has 274 valence electrons. The molecule has 54 heavy (non-hydrogen) atoms. The van der Waals surface area contributed by atoms with E-state index in [-0.39, 0.29) is 0 Å². The minimum Gasteiger partial charge on any atom is -0.497 e. The van der Waals surface area contributed by atoms with Crippen LogP contribution in [0, 0.1) is 13.8 Å². The monoisotopic (exact) mass is 716 g/mol. The van der Waals surface area contributed by atoms with Crippen LogP contribution >= 0.6 is 0 Å². The number of hydrogen-bond acceptors (Lipinski definition) is 2. The molecule has 0 N–H and O–H groups in total. The van der Waals surface area contributed by atoms with E-state index in [0.717, 1.165) is 37.7 Å². The molecular weight excluding hydrogens is 665 g/mol. The molecule has 0 saturated carbocycles. The van der Waals surface area contributed by atoms with Gasteiger partial charge in [0.2, 0.25) is 11.4 Å². The second kappa shape index (κ2) is 15.8. The van der Waals surface area contributed by atoms with Crippen LogP contribution in [0.2, 0.25) is 0 Å². The second-order valence-corrected chi connectivity index (χ2v) is 14.7. The van der Waals surface area contributed by atoms with Gasteiger partial charge in [-0.1, -0.05) is 73.5 Å². The number of ether oxygens (including phenoxy) is 2. The smallest absolute Gasteiger partial charge is 0.202 e. The number of hydrogen-bond donors (Lipinski definition) is 0. The van der Waals surface area contributed by atoms with Gasteiger partial charge in [-0.25, -0.2) is 9.13 Å². The Morgan fingerprint density at radius 3 is 1.28 bits per heavy atom. The van der Waals surface area contributed by atoms with Crippen LogP contribution in [0.15, 0.2) is 122 Å². The maximum atomic E-state index is 5.64. The van der Waals surface area contributed by atoms with Gasteiger partial charge in [-0.05, 0) is 48.2 Å². The maximum Gasteiger partial charge on any atom is 0.202 e. The van der Waals surface area contributed by atoms with Gasteiger partial charge in [-0.2, -0.15) is 0 Å². The van der Waals surface area contributed by atoms with Crippen molar-refractivity contribution >= 4 is 43.6 Å². The first-order chi connectivity index (χ1) is 26.5. The van der Waals surface area contributed by atoms with Crippen molar-refractivity contribution in [2.24, 2.45) is 0 Å². The molecule has 0 radical (unpaired) electrons. The summed E-state index contributed by atoms with van der Waals surface area (Å²) in [5.74, 6) is 1.79. The van der Waals surface area contributed by atoms with Gasteiger partial charge in [-0.3, -0.25) is 0 Å². The third-order valence-corrected chi connectivity index (χ3v) is 11.4. The Labute approximate surface area is 318 Å². The number of aryl methyl sites for hydroxylation is 4. The number of unbranched alkanes of at least 4 members (excludes halogenated alkanes) is 5. The van der Waals surface area contributed by atoms with Gasteiger partial charge < -0.3 is 18.6 Å². The lowest BCUT2D eigenvalue weighted by molar-refractivity contribution is -0.702. The van der Waals surface area contributed by atoms with Gasteiger partial charge in [0.15, 0.2) is 12.4 Å². The second-order valence-electron chi connectivity index (χ2n) is 14.7. The van der Waals surface area contributed by atoms with E-state index in [1.807, 2.05) is 0 Å². The topological polar surface area (TPSA) is 36.1 Å². The van der Waals surface area contributed by atoms with Gasteiger partial charge in [0.25, 0.3) is 0 Å². The summed E-state index contributed by atoms with van der Waals surface area (Å²) in [6, 6.07) is 39.1. The fourth-order valence-electron chi connectivity index (χ4n) is 8.52. The summed E-state index contributed by atoms with van der Waals surface area (Å²) in [6.45, 7) is 8.31. The molecule has 0 amide bonds. The molecule has 0 spiro atoms. The van der Waals surface area contributed by atoms with Gasteiger partial charge in [0, 0.05) is 85.6 Å². The van der Waals surface area contributed by atoms with E-state index in [2.05, 4.69) is 154 Å². The highest BCUT2D eigenvalue weighted by Crippen LogP contribution is 2.34. The molecule has 0 unspecified atom stereocenters. The van der Waals surface area contributed by atoms with Crippen molar-refractivity contribution in [2.75, 3.05) is 14.2 Å². The molecule has 8 aromatic rings. The van der Waals surface area contributed by atoms with Crippen LogP contribution in [0.4, 0.5) is 0 Å². The van der Waals surface area contributed by atoms with E-state index in [0.29, 0.717) is 0 Å². The molecule has 0 aliphatic carbocycles. The molecule has 4 heterocycles. The summed E-state index contributed by atoms with van der Waals surface area (Å²) in [5, 5.41) is 5.17. The third kappa shape index (κ3) is 6.93. The zero-order valence-electron chi connectivity index (χ0n) is 32.2. The third-order valence-electron chi connectivity index (χ3n) is 11.4. The van der Waals surface area contributed by atoms with E-state index >= 15 is 0 Å². The number of nitrogens with zero attached hydrogens (tertiary/aromatic N) is 4. The lowest BCUT2D eigenvalue weighted by Gasteiger charge is -2.10. The minimum atomic E-state index is 0.830. The lowest BCUT2D eigenvalue weighted by Crippen LogP contribution is -2.37. The summed E-state index contributed by atoms with van der Waals surface area (Å²) in [5.41, 5.74) is 10.3. The molecule has 0 aliphatic rings. The van der Waals surface area contributed by atoms with Gasteiger partial charge in [0.05, 0.1) is 25.3 Å². The number of pyridine rings is 2. The molecule has 0 aliphatic heterocycles. The van der Waals surface area contributed by atoms with Crippen molar-refractivity contribution in [3.8, 4) is 11.5 Å². The summed E-state index contributed by atoms with van der Waals surface area (Å²) in [4.78, 5) is 0. The predicted molar refractivity (Wildman–Crippen MR) is 221 cm³/mol. The molecule has 4 aromatic heterocycles. The fourth-order valence-corrected chi connectivity index (χ4v) is 8.52. The van der Waals surface area contributed by atoms with Crippen molar-refractivity contribution in [3.05, 3.63) is 144 Å². The predicted octanol–water partition coefficient (Wildman–Crippen LogP) is 10.2. The van der Waals surface area contributed by atoms with E-state index in [1.54, 1.807) is 14.2 Å². The number of aromatic nitrogens is 4. The Hall–Kier alpha value is -5.62. The summed E-state index contributed by atoms with van der Waals surface area (Å²) >= 11 is 0. The first-order valence-corrected chi connectivity index (χ1v) is 19.6. The molecule has 0 fully saturated rings. The van der Waals surface area contributed by atoms with Crippen LogP contribution < -0.4 is 18.6 Å². The fraction of sp³-hybridized carbons (Fsp3) is 0.292. The standard InChI is InChI=1S/C48H52N4O2/c1-35-47-43(41-23-21-39(53-3)31-45(41)51(47)33-37-17-11-9-12-18-37)25-29-49(35)27-15-7-5-6-8-16-28-50-30-26-44-42-24-22-40(54-4)32-46(42)52(48(44)36(50)2)34-38-19-13-10-14-20-38/h9-14,17-26,29-32H,5-8,15-16,27-28,33-34H2,1-4H3/q+2. The average Bonchev–Trinajstić information content (AvgIpc) is 3.69. The summed E-state index contributed by atoms with van der Waals surface area (Å²) < 4.78 is 21.2. The van der Waals surface area contributed by atoms with Gasteiger partial charge >= 0.3 is 0 Å². The highest BCUT2D eigenvalue weighted by atomic mass is 16.5. The maximum absolute atomic E-state index is 5.64. The molecule has 4 aromatic carbocycles. The number of fused-ring (bicyclic) bond motifs is 6. The van der Waals surface area contributed by atoms with Crippen molar-refractivity contribution in [1.29, 1.82) is 0 Å². The van der Waals surface area contributed by atoms with Crippen LogP contribution in [0.3, 0.4) is 0 Å². The number of benzene rings is 4. The Morgan fingerprint density at radius 2 is 0.870 bits per heavy atom. The Balaban J connectivity index is 0.907. The van der Waals surface area contributed by atoms with Gasteiger partial charge in [0.1, 0.15) is 35.6 Å². The van der Waals surface area contributed by atoms with Crippen LogP contribution in [-0.4, -0.2) is 23.4 Å². The normalized spacial score (nSPS) is 11.7. The van der Waals surface area contributed by atoms with E-state index in [9.17, 15) is 0 Å². The van der Waals surface area contributed by atoms with Crippen molar-refractivity contribution in [3.63, 3.8) is 0 Å². The van der Waals surface area contributed by atoms with Crippen molar-refractivity contribution in [2.45, 2.75) is 78.6 Å². The molecule has 6 heteroatoms. The highest BCUT2D eigenvalue weighted by molar-refractivity contribution is 6.09. The molecule has 0 bridgehead atoms. The van der Waals surface area contributed by atoms with Crippen LogP contribution in [0.1, 0.15) is 61.0 Å².